The molecule has 0 aliphatic heterocycles. The lowest BCUT2D eigenvalue weighted by Crippen LogP contribution is -2.41. The van der Waals surface area contributed by atoms with Gasteiger partial charge in [0.15, 0.2) is 0 Å². The van der Waals surface area contributed by atoms with Crippen molar-refractivity contribution in [2.75, 3.05) is 26.8 Å². The zero-order valence-electron chi connectivity index (χ0n) is 11.7. The highest BCUT2D eigenvalue weighted by Crippen LogP contribution is 2.24. The second-order valence-electron chi connectivity index (χ2n) is 5.77. The van der Waals surface area contributed by atoms with Gasteiger partial charge in [0.25, 0.3) is 0 Å². The summed E-state index contributed by atoms with van der Waals surface area (Å²) in [5.41, 5.74) is -0.0532. The van der Waals surface area contributed by atoms with Gasteiger partial charge in [0.05, 0.1) is 12.2 Å². The monoisotopic (exact) mass is 243 g/mol. The Morgan fingerprint density at radius 2 is 1.82 bits per heavy atom. The molecule has 102 valence electrons. The molecule has 0 atom stereocenters. The van der Waals surface area contributed by atoms with Gasteiger partial charge in [-0.05, 0) is 33.1 Å². The molecule has 1 fully saturated rings. The highest BCUT2D eigenvalue weighted by molar-refractivity contribution is 4.78. The molecule has 1 aliphatic rings. The molecular formula is C14H29NO2. The molecule has 0 radical (unpaired) electrons. The van der Waals surface area contributed by atoms with E-state index in [-0.39, 0.29) is 12.2 Å². The van der Waals surface area contributed by atoms with Crippen molar-refractivity contribution < 1.29 is 9.84 Å². The molecule has 0 unspecified atom stereocenters. The lowest BCUT2D eigenvalue weighted by atomic mass is 9.93. The Kier molecular flexibility index (Phi) is 6.45. The standard InChI is InChI=1S/C14H29NO2/c1-14(2,17-3)9-10-15(11-12-16)13-7-5-4-6-8-13/h13,16H,4-12H2,1-3H3. The van der Waals surface area contributed by atoms with E-state index in [9.17, 15) is 5.11 Å². The van der Waals surface area contributed by atoms with E-state index >= 15 is 0 Å². The van der Waals surface area contributed by atoms with E-state index in [0.717, 1.165) is 19.5 Å². The number of methoxy groups -OCH3 is 1. The van der Waals surface area contributed by atoms with Crippen molar-refractivity contribution in [3.05, 3.63) is 0 Å². The zero-order valence-corrected chi connectivity index (χ0v) is 11.7. The van der Waals surface area contributed by atoms with Gasteiger partial charge >= 0.3 is 0 Å². The highest BCUT2D eigenvalue weighted by atomic mass is 16.5. The second kappa shape index (κ2) is 7.34. The third-order valence-corrected chi connectivity index (χ3v) is 4.03. The molecular weight excluding hydrogens is 214 g/mol. The molecule has 0 amide bonds. The number of hydrogen-bond donors (Lipinski definition) is 1. The number of hydrogen-bond acceptors (Lipinski definition) is 3. The molecule has 1 saturated carbocycles. The van der Waals surface area contributed by atoms with Gasteiger partial charge in [0.1, 0.15) is 0 Å². The van der Waals surface area contributed by atoms with Crippen LogP contribution in [0.15, 0.2) is 0 Å². The Morgan fingerprint density at radius 3 is 2.35 bits per heavy atom. The van der Waals surface area contributed by atoms with E-state index in [0.29, 0.717) is 6.04 Å². The van der Waals surface area contributed by atoms with E-state index in [1.54, 1.807) is 7.11 Å². The first-order chi connectivity index (χ1) is 8.09. The normalized spacial score (nSPS) is 18.9. The SMILES string of the molecule is COC(C)(C)CCN(CCO)C1CCCCC1. The predicted molar refractivity (Wildman–Crippen MR) is 71.2 cm³/mol. The highest BCUT2D eigenvalue weighted by Gasteiger charge is 2.23. The van der Waals surface area contributed by atoms with Crippen LogP contribution < -0.4 is 0 Å². The Balaban J connectivity index is 2.41. The molecule has 3 heteroatoms. The molecule has 0 aromatic carbocycles. The maximum Gasteiger partial charge on any atom is 0.0634 e. The van der Waals surface area contributed by atoms with E-state index in [1.807, 2.05) is 0 Å². The molecule has 1 aliphatic carbocycles. The molecule has 3 nitrogen and oxygen atoms in total. The van der Waals surface area contributed by atoms with E-state index in [2.05, 4.69) is 18.7 Å². The number of rotatable bonds is 7. The average Bonchev–Trinajstić information content (AvgIpc) is 2.35. The molecule has 17 heavy (non-hydrogen) atoms. The van der Waals surface area contributed by atoms with Gasteiger partial charge in [-0.3, -0.25) is 4.90 Å². The molecule has 0 aromatic rings. The van der Waals surface area contributed by atoms with E-state index in [4.69, 9.17) is 4.74 Å². The summed E-state index contributed by atoms with van der Waals surface area (Å²) in [5, 5.41) is 9.18. The van der Waals surface area contributed by atoms with Crippen molar-refractivity contribution in [3.8, 4) is 0 Å². The van der Waals surface area contributed by atoms with Crippen LogP contribution in [0.3, 0.4) is 0 Å². The van der Waals surface area contributed by atoms with Crippen LogP contribution >= 0.6 is 0 Å². The number of aliphatic hydroxyl groups excluding tert-OH is 1. The van der Waals surface area contributed by atoms with Crippen LogP contribution in [0.25, 0.3) is 0 Å². The van der Waals surface area contributed by atoms with Crippen molar-refractivity contribution >= 4 is 0 Å². The summed E-state index contributed by atoms with van der Waals surface area (Å²) in [6.45, 7) is 6.37. The van der Waals surface area contributed by atoms with Crippen molar-refractivity contribution in [2.24, 2.45) is 0 Å². The smallest absolute Gasteiger partial charge is 0.0634 e. The van der Waals surface area contributed by atoms with Gasteiger partial charge in [-0.25, -0.2) is 0 Å². The first kappa shape index (κ1) is 14.9. The number of nitrogens with zero attached hydrogens (tertiary/aromatic N) is 1. The van der Waals surface area contributed by atoms with Crippen LogP contribution in [0.2, 0.25) is 0 Å². The van der Waals surface area contributed by atoms with Crippen molar-refractivity contribution in [1.82, 2.24) is 4.90 Å². The average molecular weight is 243 g/mol. The van der Waals surface area contributed by atoms with Crippen LogP contribution in [-0.2, 0) is 4.74 Å². The maximum atomic E-state index is 9.18. The Bertz CT molecular complexity index is 200. The Morgan fingerprint density at radius 1 is 1.18 bits per heavy atom. The van der Waals surface area contributed by atoms with Gasteiger partial charge in [-0.2, -0.15) is 0 Å². The summed E-state index contributed by atoms with van der Waals surface area (Å²) in [4.78, 5) is 2.46. The summed E-state index contributed by atoms with van der Waals surface area (Å²) in [6.07, 6.45) is 7.70. The number of aliphatic hydroxyl groups is 1. The third kappa shape index (κ3) is 5.36. The lowest BCUT2D eigenvalue weighted by molar-refractivity contribution is 0.000198. The molecule has 1 rings (SSSR count). The topological polar surface area (TPSA) is 32.7 Å². The largest absolute Gasteiger partial charge is 0.395 e. The minimum Gasteiger partial charge on any atom is -0.395 e. The van der Waals surface area contributed by atoms with Gasteiger partial charge in [0, 0.05) is 26.2 Å². The quantitative estimate of drug-likeness (QED) is 0.745. The van der Waals surface area contributed by atoms with Crippen molar-refractivity contribution in [3.63, 3.8) is 0 Å². The molecule has 0 aromatic heterocycles. The molecule has 0 spiro atoms. The summed E-state index contributed by atoms with van der Waals surface area (Å²) in [7, 11) is 1.77. The first-order valence-corrected chi connectivity index (χ1v) is 6.99. The third-order valence-electron chi connectivity index (χ3n) is 4.03. The summed E-state index contributed by atoms with van der Waals surface area (Å²) < 4.78 is 5.46. The van der Waals surface area contributed by atoms with Crippen LogP contribution in [-0.4, -0.2) is 48.5 Å². The van der Waals surface area contributed by atoms with Gasteiger partial charge in [0.2, 0.25) is 0 Å². The van der Waals surface area contributed by atoms with Gasteiger partial charge in [-0.15, -0.1) is 0 Å². The van der Waals surface area contributed by atoms with Crippen LogP contribution in [0.1, 0.15) is 52.4 Å². The van der Waals surface area contributed by atoms with Crippen LogP contribution in [0.5, 0.6) is 0 Å². The van der Waals surface area contributed by atoms with Crippen LogP contribution in [0.4, 0.5) is 0 Å². The number of ether oxygens (including phenoxy) is 1. The Hall–Kier alpha value is -0.120. The maximum absolute atomic E-state index is 9.18. The zero-order chi connectivity index (χ0) is 12.7. The van der Waals surface area contributed by atoms with E-state index in [1.165, 1.54) is 32.1 Å². The summed E-state index contributed by atoms with van der Waals surface area (Å²) >= 11 is 0. The summed E-state index contributed by atoms with van der Waals surface area (Å²) in [5.74, 6) is 0. The minimum absolute atomic E-state index is 0.0532. The van der Waals surface area contributed by atoms with E-state index < -0.39 is 0 Å². The van der Waals surface area contributed by atoms with Crippen LogP contribution in [0, 0.1) is 0 Å². The molecule has 0 bridgehead atoms. The summed E-state index contributed by atoms with van der Waals surface area (Å²) in [6, 6.07) is 0.684. The van der Waals surface area contributed by atoms with Gasteiger partial charge < -0.3 is 9.84 Å². The van der Waals surface area contributed by atoms with Crippen molar-refractivity contribution in [1.29, 1.82) is 0 Å². The second-order valence-corrected chi connectivity index (χ2v) is 5.77. The fourth-order valence-electron chi connectivity index (χ4n) is 2.57. The van der Waals surface area contributed by atoms with Crippen molar-refractivity contribution in [2.45, 2.75) is 64.0 Å². The van der Waals surface area contributed by atoms with Gasteiger partial charge in [-0.1, -0.05) is 19.3 Å². The lowest BCUT2D eigenvalue weighted by Gasteiger charge is -2.36. The minimum atomic E-state index is -0.0532. The fraction of sp³-hybridized carbons (Fsp3) is 1.00. The first-order valence-electron chi connectivity index (χ1n) is 6.99. The molecule has 1 N–H and O–H groups in total. The molecule has 0 saturated heterocycles. The molecule has 0 heterocycles. The Labute approximate surface area is 106 Å². The fourth-order valence-corrected chi connectivity index (χ4v) is 2.57. The predicted octanol–water partition coefficient (Wildman–Crippen LogP) is 2.43.